The van der Waals surface area contributed by atoms with Crippen molar-refractivity contribution in [3.63, 3.8) is 0 Å². The van der Waals surface area contributed by atoms with Crippen molar-refractivity contribution in [1.29, 1.82) is 0 Å². The lowest BCUT2D eigenvalue weighted by Crippen LogP contribution is -2.26. The molecule has 1 aromatic carbocycles. The molecule has 0 saturated heterocycles. The Labute approximate surface area is 144 Å². The van der Waals surface area contributed by atoms with Gasteiger partial charge in [-0.2, -0.15) is 0 Å². The Morgan fingerprint density at radius 2 is 2.17 bits per heavy atom. The molecular weight excluding hydrogens is 326 g/mol. The molecule has 2 aromatic heterocycles. The van der Waals surface area contributed by atoms with Crippen LogP contribution in [0, 0.1) is 0 Å². The summed E-state index contributed by atoms with van der Waals surface area (Å²) >= 11 is 1.54. The second kappa shape index (κ2) is 6.86. The van der Waals surface area contributed by atoms with Crippen LogP contribution < -0.4 is 10.3 Å². The van der Waals surface area contributed by atoms with E-state index < -0.39 is 0 Å². The van der Waals surface area contributed by atoms with E-state index >= 15 is 0 Å². The molecule has 0 aliphatic carbocycles. The molecule has 0 unspecified atom stereocenters. The number of methoxy groups -OCH3 is 1. The van der Waals surface area contributed by atoms with E-state index in [1.165, 1.54) is 0 Å². The summed E-state index contributed by atoms with van der Waals surface area (Å²) in [6.45, 7) is 2.24. The van der Waals surface area contributed by atoms with Crippen molar-refractivity contribution in [2.75, 3.05) is 19.5 Å². The van der Waals surface area contributed by atoms with Crippen LogP contribution in [0.1, 0.15) is 13.3 Å². The minimum absolute atomic E-state index is 0.0927. The highest BCUT2D eigenvalue weighted by atomic mass is 32.2. The maximum absolute atomic E-state index is 13.0. The Bertz CT molecular complexity index is 946. The van der Waals surface area contributed by atoms with Crippen LogP contribution in [0.3, 0.4) is 0 Å². The van der Waals surface area contributed by atoms with Gasteiger partial charge in [-0.25, -0.2) is 4.98 Å². The molecule has 0 radical (unpaired) electrons. The number of aromatic nitrogens is 3. The number of aliphatic hydroxyl groups is 1. The van der Waals surface area contributed by atoms with Gasteiger partial charge in [-0.05, 0) is 24.6 Å². The lowest BCUT2D eigenvalue weighted by atomic mass is 10.2. The first-order valence-corrected chi connectivity index (χ1v) is 8.91. The van der Waals surface area contributed by atoms with E-state index in [9.17, 15) is 9.90 Å². The van der Waals surface area contributed by atoms with Crippen molar-refractivity contribution in [3.05, 3.63) is 28.6 Å². The third-order valence-corrected chi connectivity index (χ3v) is 5.21. The highest BCUT2D eigenvalue weighted by Crippen LogP contribution is 2.29. The first-order valence-electron chi connectivity index (χ1n) is 7.93. The molecule has 6 nitrogen and oxygen atoms in total. The molecule has 0 spiro atoms. The summed E-state index contributed by atoms with van der Waals surface area (Å²) < 4.78 is 8.74. The Kier molecular flexibility index (Phi) is 4.82. The number of nitrogens with zero attached hydrogens (tertiary/aromatic N) is 3. The van der Waals surface area contributed by atoms with Crippen LogP contribution in [-0.4, -0.2) is 38.7 Å². The summed E-state index contributed by atoms with van der Waals surface area (Å²) in [6, 6.07) is 5.72. The largest absolute Gasteiger partial charge is 0.497 e. The van der Waals surface area contributed by atoms with Crippen LogP contribution >= 0.6 is 11.8 Å². The molecule has 0 fully saturated rings. The Morgan fingerprint density at radius 3 is 2.83 bits per heavy atom. The van der Waals surface area contributed by atoms with Crippen molar-refractivity contribution in [2.24, 2.45) is 7.05 Å². The molecule has 3 rings (SSSR count). The van der Waals surface area contributed by atoms with E-state index in [4.69, 9.17) is 9.72 Å². The van der Waals surface area contributed by atoms with Crippen LogP contribution in [0.15, 0.2) is 28.2 Å². The molecule has 7 heteroatoms. The molecule has 0 amide bonds. The summed E-state index contributed by atoms with van der Waals surface area (Å²) in [7, 11) is 3.48. The van der Waals surface area contributed by atoms with Gasteiger partial charge >= 0.3 is 0 Å². The third-order valence-electron chi connectivity index (χ3n) is 4.02. The zero-order chi connectivity index (χ0) is 17.3. The maximum Gasteiger partial charge on any atom is 0.278 e. The van der Waals surface area contributed by atoms with Gasteiger partial charge in [0.05, 0.1) is 25.8 Å². The molecular formula is C17H21N3O3S. The number of fused-ring (bicyclic) bond motifs is 3. The predicted molar refractivity (Wildman–Crippen MR) is 97.1 cm³/mol. The SMILES string of the molecule is CCCSc1nc2c3cc(OC)ccc3n(C)c2c(=O)n1CCO. The first kappa shape index (κ1) is 16.9. The minimum Gasteiger partial charge on any atom is -0.497 e. The molecule has 2 heterocycles. The second-order valence-electron chi connectivity index (χ2n) is 5.56. The fourth-order valence-corrected chi connectivity index (χ4v) is 3.73. The molecule has 0 bridgehead atoms. The summed E-state index contributed by atoms with van der Waals surface area (Å²) in [4.78, 5) is 17.7. The Morgan fingerprint density at radius 1 is 1.38 bits per heavy atom. The fraction of sp³-hybridized carbons (Fsp3) is 0.412. The molecule has 128 valence electrons. The lowest BCUT2D eigenvalue weighted by molar-refractivity contribution is 0.268. The molecule has 3 aromatic rings. The van der Waals surface area contributed by atoms with Gasteiger partial charge in [0.15, 0.2) is 5.16 Å². The average Bonchev–Trinajstić information content (AvgIpc) is 2.88. The third kappa shape index (κ3) is 2.67. The molecule has 0 saturated carbocycles. The number of rotatable bonds is 6. The zero-order valence-electron chi connectivity index (χ0n) is 14.1. The standard InChI is InChI=1S/C17H21N3O3S/c1-4-9-24-17-18-14-12-10-11(23-3)5-6-13(12)19(2)15(14)16(22)20(17)7-8-21/h5-6,10,21H,4,7-9H2,1-3H3. The lowest BCUT2D eigenvalue weighted by Gasteiger charge is -2.10. The van der Waals surface area contributed by atoms with Gasteiger partial charge in [0.2, 0.25) is 0 Å². The zero-order valence-corrected chi connectivity index (χ0v) is 14.9. The Hall–Kier alpha value is -1.99. The van der Waals surface area contributed by atoms with Gasteiger partial charge in [0, 0.05) is 18.2 Å². The van der Waals surface area contributed by atoms with Crippen LogP contribution in [-0.2, 0) is 13.6 Å². The van der Waals surface area contributed by atoms with Gasteiger partial charge in [-0.15, -0.1) is 0 Å². The van der Waals surface area contributed by atoms with Gasteiger partial charge < -0.3 is 14.4 Å². The van der Waals surface area contributed by atoms with Crippen molar-refractivity contribution in [1.82, 2.24) is 14.1 Å². The number of aryl methyl sites for hydroxylation is 1. The topological polar surface area (TPSA) is 69.3 Å². The average molecular weight is 347 g/mol. The van der Waals surface area contributed by atoms with Crippen LogP contribution in [0.5, 0.6) is 5.75 Å². The number of hydrogen-bond donors (Lipinski definition) is 1. The van der Waals surface area contributed by atoms with Crippen molar-refractivity contribution >= 4 is 33.7 Å². The van der Waals surface area contributed by atoms with Crippen molar-refractivity contribution in [3.8, 4) is 5.75 Å². The molecule has 0 aliphatic rings. The van der Waals surface area contributed by atoms with E-state index in [0.29, 0.717) is 16.2 Å². The van der Waals surface area contributed by atoms with Gasteiger partial charge in [-0.1, -0.05) is 18.7 Å². The van der Waals surface area contributed by atoms with Gasteiger partial charge in [0.1, 0.15) is 16.8 Å². The van der Waals surface area contributed by atoms with Crippen LogP contribution in [0.2, 0.25) is 0 Å². The molecule has 0 atom stereocenters. The molecule has 0 aliphatic heterocycles. The summed E-state index contributed by atoms with van der Waals surface area (Å²) in [5, 5.41) is 10.9. The molecule has 24 heavy (non-hydrogen) atoms. The predicted octanol–water partition coefficient (Wildman–Crippen LogP) is 2.39. The smallest absolute Gasteiger partial charge is 0.278 e. The van der Waals surface area contributed by atoms with Crippen molar-refractivity contribution < 1.29 is 9.84 Å². The van der Waals surface area contributed by atoms with E-state index in [0.717, 1.165) is 28.8 Å². The monoisotopic (exact) mass is 347 g/mol. The first-order chi connectivity index (χ1) is 11.6. The quantitative estimate of drug-likeness (QED) is 0.548. The molecule has 1 N–H and O–H groups in total. The summed E-state index contributed by atoms with van der Waals surface area (Å²) in [5.41, 5.74) is 2.05. The maximum atomic E-state index is 13.0. The van der Waals surface area contributed by atoms with E-state index in [1.54, 1.807) is 23.4 Å². The summed E-state index contributed by atoms with van der Waals surface area (Å²) in [5.74, 6) is 1.61. The van der Waals surface area contributed by atoms with E-state index in [1.807, 2.05) is 29.8 Å². The van der Waals surface area contributed by atoms with E-state index in [-0.39, 0.29) is 18.7 Å². The highest BCUT2D eigenvalue weighted by Gasteiger charge is 2.18. The summed E-state index contributed by atoms with van der Waals surface area (Å²) in [6.07, 6.45) is 0.987. The number of benzene rings is 1. The second-order valence-corrected chi connectivity index (χ2v) is 6.62. The minimum atomic E-state index is -0.120. The number of ether oxygens (including phenoxy) is 1. The highest BCUT2D eigenvalue weighted by molar-refractivity contribution is 7.99. The fourth-order valence-electron chi connectivity index (χ4n) is 2.86. The van der Waals surface area contributed by atoms with Crippen molar-refractivity contribution in [2.45, 2.75) is 25.0 Å². The number of hydrogen-bond acceptors (Lipinski definition) is 5. The van der Waals surface area contributed by atoms with Gasteiger partial charge in [-0.3, -0.25) is 9.36 Å². The number of thioether (sulfide) groups is 1. The van der Waals surface area contributed by atoms with Crippen LogP contribution in [0.25, 0.3) is 21.9 Å². The number of aliphatic hydroxyl groups excluding tert-OH is 1. The normalized spacial score (nSPS) is 11.5. The van der Waals surface area contributed by atoms with E-state index in [2.05, 4.69) is 6.92 Å². The van der Waals surface area contributed by atoms with Gasteiger partial charge in [0.25, 0.3) is 5.56 Å². The van der Waals surface area contributed by atoms with Crippen LogP contribution in [0.4, 0.5) is 0 Å². The Balaban J connectivity index is 2.37.